The fourth-order valence-electron chi connectivity index (χ4n) is 4.66. The minimum atomic E-state index is -0.161. The largest absolute Gasteiger partial charge is 0.493 e. The van der Waals surface area contributed by atoms with Crippen molar-refractivity contribution < 1.29 is 19.1 Å². The molecule has 3 atom stereocenters. The van der Waals surface area contributed by atoms with Gasteiger partial charge in [0.1, 0.15) is 6.04 Å². The number of rotatable bonds is 6. The van der Waals surface area contributed by atoms with Gasteiger partial charge in [0.05, 0.1) is 26.3 Å². The highest BCUT2D eigenvalue weighted by molar-refractivity contribution is 5.78. The fraction of sp³-hybridized carbons (Fsp3) is 0.444. The lowest BCUT2D eigenvalue weighted by molar-refractivity contribution is -0.133. The van der Waals surface area contributed by atoms with E-state index in [0.29, 0.717) is 24.5 Å². The molecule has 0 radical (unpaired) electrons. The smallest absolute Gasteiger partial charge is 0.224 e. The summed E-state index contributed by atoms with van der Waals surface area (Å²) >= 11 is 0. The first-order chi connectivity index (χ1) is 16.9. The van der Waals surface area contributed by atoms with Crippen molar-refractivity contribution >= 4 is 12.3 Å². The molecule has 2 amide bonds. The summed E-state index contributed by atoms with van der Waals surface area (Å²) in [6, 6.07) is 15.7. The zero-order chi connectivity index (χ0) is 25.4. The number of nitrogens with zero attached hydrogens (tertiary/aromatic N) is 3. The van der Waals surface area contributed by atoms with Gasteiger partial charge in [-0.2, -0.15) is 5.26 Å². The molecular weight excluding hydrogens is 444 g/mol. The Kier molecular flexibility index (Phi) is 9.10. The van der Waals surface area contributed by atoms with E-state index >= 15 is 0 Å². The highest BCUT2D eigenvalue weighted by Crippen LogP contribution is 2.41. The Labute approximate surface area is 207 Å². The predicted octanol–water partition coefficient (Wildman–Crippen LogP) is 3.05. The molecule has 4 rings (SSSR count). The van der Waals surface area contributed by atoms with Crippen molar-refractivity contribution in [1.82, 2.24) is 9.80 Å². The molecule has 0 aliphatic carbocycles. The predicted molar refractivity (Wildman–Crippen MR) is 133 cm³/mol. The number of benzene rings is 2. The molecule has 1 saturated heterocycles. The van der Waals surface area contributed by atoms with Crippen molar-refractivity contribution in [2.75, 3.05) is 27.3 Å². The summed E-state index contributed by atoms with van der Waals surface area (Å²) in [6.07, 6.45) is 3.68. The third-order valence-electron chi connectivity index (χ3n) is 6.38. The third-order valence-corrected chi connectivity index (χ3v) is 6.38. The summed E-state index contributed by atoms with van der Waals surface area (Å²) in [6.45, 7) is 3.27. The Morgan fingerprint density at radius 1 is 1.20 bits per heavy atom. The summed E-state index contributed by atoms with van der Waals surface area (Å²) in [7, 11) is 3.27. The number of nitriles is 1. The second-order valence-corrected chi connectivity index (χ2v) is 8.87. The Morgan fingerprint density at radius 2 is 1.89 bits per heavy atom. The molecular formula is C27H34N4O4. The van der Waals surface area contributed by atoms with Crippen LogP contribution in [0.25, 0.3) is 0 Å². The average molecular weight is 479 g/mol. The molecule has 8 nitrogen and oxygen atoms in total. The molecule has 0 saturated carbocycles. The van der Waals surface area contributed by atoms with Crippen LogP contribution in [0.15, 0.2) is 42.5 Å². The Morgan fingerprint density at radius 3 is 2.46 bits per heavy atom. The number of likely N-dealkylation sites (tertiary alicyclic amines) is 1. The van der Waals surface area contributed by atoms with E-state index in [-0.39, 0.29) is 24.0 Å². The minimum absolute atomic E-state index is 0.0780. The summed E-state index contributed by atoms with van der Waals surface area (Å²) in [5, 5.41) is 8.42. The van der Waals surface area contributed by atoms with E-state index in [9.17, 15) is 9.59 Å². The first-order valence-corrected chi connectivity index (χ1v) is 11.9. The van der Waals surface area contributed by atoms with Gasteiger partial charge < -0.3 is 25.0 Å². The van der Waals surface area contributed by atoms with Crippen LogP contribution in [0.5, 0.6) is 11.5 Å². The van der Waals surface area contributed by atoms with E-state index in [1.807, 2.05) is 42.2 Å². The Bertz CT molecular complexity index is 1050. The lowest BCUT2D eigenvalue weighted by atomic mass is 9.87. The topological polar surface area (TPSA) is 109 Å². The molecule has 3 unspecified atom stereocenters. The van der Waals surface area contributed by atoms with Crippen LogP contribution in [0.3, 0.4) is 0 Å². The Hall–Kier alpha value is -3.57. The summed E-state index contributed by atoms with van der Waals surface area (Å²) in [5.74, 6) is 1.47. The van der Waals surface area contributed by atoms with Gasteiger partial charge in [0.15, 0.2) is 11.5 Å². The van der Waals surface area contributed by atoms with Crippen LogP contribution in [0.4, 0.5) is 0 Å². The number of hydrogen-bond acceptors (Lipinski definition) is 6. The van der Waals surface area contributed by atoms with Crippen molar-refractivity contribution in [3.8, 4) is 17.6 Å². The number of methoxy groups -OCH3 is 2. The van der Waals surface area contributed by atoms with E-state index < -0.39 is 0 Å². The first kappa shape index (κ1) is 26.0. The fourth-order valence-corrected chi connectivity index (χ4v) is 4.66. The molecule has 0 bridgehead atoms. The number of hydrogen-bond donors (Lipinski definition) is 1. The number of ether oxygens (including phenoxy) is 2. The molecule has 2 heterocycles. The van der Waals surface area contributed by atoms with Crippen molar-refractivity contribution in [3.05, 3.63) is 59.2 Å². The molecule has 2 aliphatic rings. The number of amides is 2. The van der Waals surface area contributed by atoms with Crippen LogP contribution in [-0.4, -0.2) is 61.5 Å². The summed E-state index contributed by atoms with van der Waals surface area (Å²) < 4.78 is 10.9. The van der Waals surface area contributed by atoms with E-state index in [1.54, 1.807) is 19.1 Å². The molecule has 186 valence electrons. The first-order valence-electron chi connectivity index (χ1n) is 11.9. The van der Waals surface area contributed by atoms with Crippen LogP contribution in [0.1, 0.15) is 48.9 Å². The van der Waals surface area contributed by atoms with Gasteiger partial charge in [-0.3, -0.25) is 9.59 Å². The SMILES string of the molecule is COc1cc2c(cc1OC)C(c1ccccc1)N(C(=O)CC(C)N)CC2.N#CC1CCCN1C=O. The number of nitrogens with two attached hydrogens (primary N) is 1. The highest BCUT2D eigenvalue weighted by atomic mass is 16.5. The highest BCUT2D eigenvalue weighted by Gasteiger charge is 2.33. The molecule has 35 heavy (non-hydrogen) atoms. The van der Waals surface area contributed by atoms with E-state index in [4.69, 9.17) is 20.5 Å². The van der Waals surface area contributed by atoms with Gasteiger partial charge >= 0.3 is 0 Å². The standard InChI is InChI=1S/C21H26N2O3.C6H8N2O/c1-14(22)11-20(24)23-10-9-16-12-18(25-2)19(26-3)13-17(16)21(23)15-7-5-4-6-8-15;7-4-6-2-1-3-8(6)5-9/h4-8,12-14,21H,9-11,22H2,1-3H3;5-6H,1-3H2. The molecule has 0 spiro atoms. The lowest BCUT2D eigenvalue weighted by Crippen LogP contribution is -2.42. The van der Waals surface area contributed by atoms with Crippen molar-refractivity contribution in [1.29, 1.82) is 5.26 Å². The lowest BCUT2D eigenvalue weighted by Gasteiger charge is -2.38. The second kappa shape index (κ2) is 12.2. The van der Waals surface area contributed by atoms with E-state index in [0.717, 1.165) is 43.3 Å². The monoisotopic (exact) mass is 478 g/mol. The van der Waals surface area contributed by atoms with Gasteiger partial charge in [-0.15, -0.1) is 0 Å². The van der Waals surface area contributed by atoms with Gasteiger partial charge in [0.25, 0.3) is 0 Å². The van der Waals surface area contributed by atoms with Crippen LogP contribution >= 0.6 is 0 Å². The molecule has 2 aromatic carbocycles. The maximum Gasteiger partial charge on any atom is 0.224 e. The van der Waals surface area contributed by atoms with Crippen molar-refractivity contribution in [2.24, 2.45) is 5.73 Å². The second-order valence-electron chi connectivity index (χ2n) is 8.87. The number of carbonyl (C=O) groups is 2. The summed E-state index contributed by atoms with van der Waals surface area (Å²) in [5.41, 5.74) is 9.22. The van der Waals surface area contributed by atoms with Gasteiger partial charge in [0, 0.05) is 25.6 Å². The quantitative estimate of drug-likeness (QED) is 0.639. The van der Waals surface area contributed by atoms with Crippen LogP contribution in [-0.2, 0) is 16.0 Å². The molecule has 2 N–H and O–H groups in total. The minimum Gasteiger partial charge on any atom is -0.493 e. The zero-order valence-electron chi connectivity index (χ0n) is 20.6. The van der Waals surface area contributed by atoms with Gasteiger partial charge in [-0.25, -0.2) is 0 Å². The van der Waals surface area contributed by atoms with E-state index in [2.05, 4.69) is 18.2 Å². The van der Waals surface area contributed by atoms with Crippen molar-refractivity contribution in [2.45, 2.75) is 50.7 Å². The van der Waals surface area contributed by atoms with Crippen LogP contribution in [0.2, 0.25) is 0 Å². The summed E-state index contributed by atoms with van der Waals surface area (Å²) in [4.78, 5) is 26.5. The van der Waals surface area contributed by atoms with Crippen molar-refractivity contribution in [3.63, 3.8) is 0 Å². The van der Waals surface area contributed by atoms with Crippen LogP contribution < -0.4 is 15.2 Å². The maximum absolute atomic E-state index is 12.9. The molecule has 8 heteroatoms. The number of fused-ring (bicyclic) bond motifs is 1. The average Bonchev–Trinajstić information content (AvgIpc) is 3.35. The zero-order valence-corrected chi connectivity index (χ0v) is 20.6. The molecule has 2 aliphatic heterocycles. The van der Waals surface area contributed by atoms with Crippen LogP contribution in [0, 0.1) is 11.3 Å². The molecule has 2 aromatic rings. The van der Waals surface area contributed by atoms with E-state index in [1.165, 1.54) is 5.56 Å². The normalized spacial score (nSPS) is 19.5. The van der Waals surface area contributed by atoms with Gasteiger partial charge in [-0.1, -0.05) is 30.3 Å². The van der Waals surface area contributed by atoms with Gasteiger partial charge in [0.2, 0.25) is 12.3 Å². The maximum atomic E-state index is 12.9. The molecule has 1 fully saturated rings. The Balaban J connectivity index is 0.000000320. The number of carbonyl (C=O) groups excluding carboxylic acids is 2. The third kappa shape index (κ3) is 6.11. The van der Waals surface area contributed by atoms with Gasteiger partial charge in [-0.05, 0) is 55.0 Å². The molecule has 0 aromatic heterocycles.